The predicted molar refractivity (Wildman–Crippen MR) is 101 cm³/mol. The number of hydrogen-bond donors (Lipinski definition) is 1. The summed E-state index contributed by atoms with van der Waals surface area (Å²) in [5.74, 6) is 1.49. The fourth-order valence-electron chi connectivity index (χ4n) is 2.87. The monoisotopic (exact) mass is 361 g/mol. The van der Waals surface area contributed by atoms with Crippen LogP contribution in [0.3, 0.4) is 0 Å². The number of rotatable bonds is 2. The number of phenolic OH excluding ortho intramolecular Hbond substituents is 1. The van der Waals surface area contributed by atoms with Crippen molar-refractivity contribution >= 4 is 29.2 Å². The molecule has 0 amide bonds. The Morgan fingerprint density at radius 1 is 1.04 bits per heavy atom. The zero-order valence-electron chi connectivity index (χ0n) is 13.8. The lowest BCUT2D eigenvalue weighted by molar-refractivity contribution is -0.386. The number of nitrogens with zero attached hydrogens (tertiary/aromatic N) is 1. The summed E-state index contributed by atoms with van der Waals surface area (Å²) in [4.78, 5) is 10.6. The summed E-state index contributed by atoms with van der Waals surface area (Å²) in [6, 6.07) is 7.75. The maximum absolute atomic E-state index is 11.2. The Labute approximate surface area is 149 Å². The summed E-state index contributed by atoms with van der Waals surface area (Å²) in [7, 11) is 0. The van der Waals surface area contributed by atoms with Crippen LogP contribution in [0.2, 0.25) is 0 Å². The van der Waals surface area contributed by atoms with Crippen molar-refractivity contribution in [2.45, 2.75) is 36.9 Å². The van der Waals surface area contributed by atoms with Gasteiger partial charge in [-0.1, -0.05) is 12.1 Å². The minimum atomic E-state index is -0.515. The molecule has 0 unspecified atom stereocenters. The van der Waals surface area contributed by atoms with Crippen LogP contribution in [-0.4, -0.2) is 10.0 Å². The van der Waals surface area contributed by atoms with E-state index in [1.807, 2.05) is 13.0 Å². The van der Waals surface area contributed by atoms with E-state index in [1.54, 1.807) is 23.5 Å². The summed E-state index contributed by atoms with van der Waals surface area (Å²) in [5, 5.41) is 21.5. The van der Waals surface area contributed by atoms with E-state index in [9.17, 15) is 15.2 Å². The molecule has 2 aromatic carbocycles. The van der Waals surface area contributed by atoms with Crippen molar-refractivity contribution < 1.29 is 10.0 Å². The van der Waals surface area contributed by atoms with Crippen LogP contribution in [0.1, 0.15) is 38.0 Å². The number of nitro benzene ring substituents is 1. The Morgan fingerprint density at radius 3 is 2.08 bits per heavy atom. The first kappa shape index (κ1) is 17.2. The average Bonchev–Trinajstić information content (AvgIpc) is 2.72. The van der Waals surface area contributed by atoms with Crippen molar-refractivity contribution in [3.63, 3.8) is 0 Å². The van der Waals surface area contributed by atoms with Crippen LogP contribution in [0, 0.1) is 30.9 Å². The summed E-state index contributed by atoms with van der Waals surface area (Å²) in [6.07, 6.45) is 0. The second-order valence-electron chi connectivity index (χ2n) is 6.14. The molecule has 0 aliphatic carbocycles. The van der Waals surface area contributed by atoms with Crippen molar-refractivity contribution in [2.75, 3.05) is 0 Å². The molecular formula is C18H19NO3S2. The SMILES string of the molecule is Cc1cc(C2SCc3cc(C)c(C)cc3CS2)c(O)c([N+](=O)[O-])c1. The van der Waals surface area contributed by atoms with Crippen molar-refractivity contribution in [2.24, 2.45) is 0 Å². The zero-order valence-corrected chi connectivity index (χ0v) is 15.5. The molecule has 0 spiro atoms. The van der Waals surface area contributed by atoms with Gasteiger partial charge in [0.1, 0.15) is 0 Å². The van der Waals surface area contributed by atoms with Gasteiger partial charge in [-0.05, 0) is 54.7 Å². The van der Waals surface area contributed by atoms with Crippen molar-refractivity contribution in [3.8, 4) is 5.75 Å². The van der Waals surface area contributed by atoms with Crippen molar-refractivity contribution in [1.29, 1.82) is 0 Å². The first-order valence-electron chi connectivity index (χ1n) is 7.67. The smallest absolute Gasteiger partial charge is 0.311 e. The van der Waals surface area contributed by atoms with E-state index in [0.29, 0.717) is 5.56 Å². The highest BCUT2D eigenvalue weighted by Crippen LogP contribution is 2.50. The van der Waals surface area contributed by atoms with Gasteiger partial charge in [0.15, 0.2) is 5.75 Å². The second-order valence-corrected chi connectivity index (χ2v) is 8.62. The summed E-state index contributed by atoms with van der Waals surface area (Å²) >= 11 is 3.44. The van der Waals surface area contributed by atoms with Crippen LogP contribution in [0.5, 0.6) is 5.75 Å². The fourth-order valence-corrected chi connectivity index (χ4v) is 5.58. The third-order valence-electron chi connectivity index (χ3n) is 4.31. The van der Waals surface area contributed by atoms with E-state index in [2.05, 4.69) is 26.0 Å². The Morgan fingerprint density at radius 2 is 1.58 bits per heavy atom. The highest BCUT2D eigenvalue weighted by molar-refractivity contribution is 8.15. The highest BCUT2D eigenvalue weighted by atomic mass is 32.2. The van der Waals surface area contributed by atoms with Gasteiger partial charge in [0.2, 0.25) is 0 Å². The van der Waals surface area contributed by atoms with Gasteiger partial charge in [0, 0.05) is 23.1 Å². The van der Waals surface area contributed by atoms with Gasteiger partial charge in [0.05, 0.1) is 9.51 Å². The second kappa shape index (κ2) is 6.69. The van der Waals surface area contributed by atoms with Gasteiger partial charge in [-0.2, -0.15) is 0 Å². The molecule has 1 aliphatic heterocycles. The van der Waals surface area contributed by atoms with E-state index in [-0.39, 0.29) is 16.0 Å². The Bertz CT molecular complexity index is 787. The molecule has 0 atom stereocenters. The van der Waals surface area contributed by atoms with E-state index in [0.717, 1.165) is 17.1 Å². The molecule has 126 valence electrons. The van der Waals surface area contributed by atoms with Gasteiger partial charge in [0.25, 0.3) is 0 Å². The van der Waals surface area contributed by atoms with Crippen LogP contribution in [-0.2, 0) is 11.5 Å². The Hall–Kier alpha value is -1.66. The normalized spacial score (nSPS) is 15.0. The van der Waals surface area contributed by atoms with Gasteiger partial charge < -0.3 is 5.11 Å². The number of nitro groups is 1. The third kappa shape index (κ3) is 3.26. The molecule has 0 fully saturated rings. The summed E-state index contributed by atoms with van der Waals surface area (Å²) in [6.45, 7) is 6.06. The first-order valence-corrected chi connectivity index (χ1v) is 9.76. The lowest BCUT2D eigenvalue weighted by Crippen LogP contribution is -1.96. The van der Waals surface area contributed by atoms with Crippen LogP contribution >= 0.6 is 23.5 Å². The molecule has 0 saturated carbocycles. The number of fused-ring (bicyclic) bond motifs is 1. The van der Waals surface area contributed by atoms with Crippen molar-refractivity contribution in [3.05, 3.63) is 67.8 Å². The predicted octanol–water partition coefficient (Wildman–Crippen LogP) is 5.40. The third-order valence-corrected chi connectivity index (χ3v) is 7.20. The number of thioether (sulfide) groups is 2. The number of hydrogen-bond acceptors (Lipinski definition) is 5. The van der Waals surface area contributed by atoms with Crippen LogP contribution in [0.15, 0.2) is 24.3 Å². The molecule has 4 nitrogen and oxygen atoms in total. The van der Waals surface area contributed by atoms with Gasteiger partial charge in [-0.3, -0.25) is 10.1 Å². The molecule has 24 heavy (non-hydrogen) atoms. The maximum Gasteiger partial charge on any atom is 0.311 e. The van der Waals surface area contributed by atoms with Crippen LogP contribution in [0.25, 0.3) is 0 Å². The maximum atomic E-state index is 11.2. The summed E-state index contributed by atoms with van der Waals surface area (Å²) < 4.78 is -0.0170. The van der Waals surface area contributed by atoms with Gasteiger partial charge in [-0.25, -0.2) is 0 Å². The Kier molecular flexibility index (Phi) is 4.78. The molecule has 1 aliphatic rings. The standard InChI is InChI=1S/C18H19NO3S2/c1-10-4-15(17(20)16(5-10)19(21)22)18-23-8-13-6-11(2)12(3)7-14(13)9-24-18/h4-7,18,20H,8-9H2,1-3H3. The fraction of sp³-hybridized carbons (Fsp3) is 0.333. The Balaban J connectivity index is 1.95. The molecule has 0 saturated heterocycles. The van der Waals surface area contributed by atoms with Crippen LogP contribution < -0.4 is 0 Å². The molecule has 3 rings (SSSR count). The van der Waals surface area contributed by atoms with E-state index in [4.69, 9.17) is 0 Å². The molecule has 1 N–H and O–H groups in total. The average molecular weight is 361 g/mol. The lowest BCUT2D eigenvalue weighted by atomic mass is 10.0. The van der Waals surface area contributed by atoms with E-state index >= 15 is 0 Å². The zero-order chi connectivity index (χ0) is 17.4. The molecule has 0 radical (unpaired) electrons. The quantitative estimate of drug-likeness (QED) is 0.573. The topological polar surface area (TPSA) is 63.4 Å². The molecule has 1 heterocycles. The van der Waals surface area contributed by atoms with Gasteiger partial charge in [-0.15, -0.1) is 23.5 Å². The van der Waals surface area contributed by atoms with Gasteiger partial charge >= 0.3 is 5.69 Å². The molecule has 6 heteroatoms. The highest BCUT2D eigenvalue weighted by Gasteiger charge is 2.26. The summed E-state index contributed by atoms with van der Waals surface area (Å²) in [5.41, 5.74) is 6.44. The minimum Gasteiger partial charge on any atom is -0.502 e. The number of benzene rings is 2. The number of aromatic hydroxyl groups is 1. The van der Waals surface area contributed by atoms with Crippen molar-refractivity contribution in [1.82, 2.24) is 0 Å². The van der Waals surface area contributed by atoms with E-state index in [1.165, 1.54) is 28.3 Å². The number of phenols is 1. The lowest BCUT2D eigenvalue weighted by Gasteiger charge is -2.15. The number of aryl methyl sites for hydroxylation is 3. The molecule has 0 aromatic heterocycles. The van der Waals surface area contributed by atoms with Crippen LogP contribution in [0.4, 0.5) is 5.69 Å². The molecule has 2 aromatic rings. The largest absolute Gasteiger partial charge is 0.502 e. The van der Waals surface area contributed by atoms with E-state index < -0.39 is 4.92 Å². The molecule has 0 bridgehead atoms. The minimum absolute atomic E-state index is 0.0170. The molecular weight excluding hydrogens is 342 g/mol. The first-order chi connectivity index (χ1) is 11.4.